The van der Waals surface area contributed by atoms with Crippen LogP contribution in [0.25, 0.3) is 10.8 Å². The summed E-state index contributed by atoms with van der Waals surface area (Å²) in [5.41, 5.74) is 0.632. The van der Waals surface area contributed by atoms with E-state index in [4.69, 9.17) is 14.7 Å². The zero-order valence-corrected chi connectivity index (χ0v) is 19.9. The first-order valence-electron chi connectivity index (χ1n) is 10.7. The third-order valence-electron chi connectivity index (χ3n) is 5.91. The van der Waals surface area contributed by atoms with E-state index in [1.807, 2.05) is 18.2 Å². The molecule has 0 radical (unpaired) electrons. The van der Waals surface area contributed by atoms with E-state index in [9.17, 15) is 18.0 Å². The molecule has 9 nitrogen and oxygen atoms in total. The number of anilines is 1. The van der Waals surface area contributed by atoms with Crippen LogP contribution in [-0.2, 0) is 29.1 Å². The van der Waals surface area contributed by atoms with Gasteiger partial charge in [0.25, 0.3) is 5.91 Å². The molecule has 1 heterocycles. The molecule has 10 heteroatoms. The van der Waals surface area contributed by atoms with Crippen LogP contribution in [0.5, 0.6) is 0 Å². The summed E-state index contributed by atoms with van der Waals surface area (Å²) in [4.78, 5) is 27.2. The van der Waals surface area contributed by atoms with Gasteiger partial charge in [0.2, 0.25) is 15.9 Å². The molecule has 0 bridgehead atoms. The number of sulfonamides is 1. The Hall–Kier alpha value is -3.62. The maximum Gasteiger partial charge on any atom is 0.252 e. The molecular formula is C25H23N3O6S. The number of carbonyl (C=O) groups excluding carboxylic acids is 2. The summed E-state index contributed by atoms with van der Waals surface area (Å²) in [5.74, 6) is -1.23. The minimum Gasteiger partial charge on any atom is -0.354 e. The van der Waals surface area contributed by atoms with E-state index in [1.165, 1.54) is 50.6 Å². The minimum absolute atomic E-state index is 0.0146. The lowest BCUT2D eigenvalue weighted by Gasteiger charge is -2.29. The van der Waals surface area contributed by atoms with Gasteiger partial charge >= 0.3 is 0 Å². The van der Waals surface area contributed by atoms with E-state index >= 15 is 0 Å². The smallest absolute Gasteiger partial charge is 0.252 e. The Morgan fingerprint density at radius 2 is 1.69 bits per heavy atom. The van der Waals surface area contributed by atoms with Gasteiger partial charge in [-0.3, -0.25) is 9.59 Å². The van der Waals surface area contributed by atoms with Crippen LogP contribution in [0.1, 0.15) is 12.0 Å². The van der Waals surface area contributed by atoms with Crippen molar-refractivity contribution in [3.63, 3.8) is 0 Å². The topological polar surface area (TPSA) is 117 Å². The average molecular weight is 494 g/mol. The van der Waals surface area contributed by atoms with E-state index in [1.54, 1.807) is 18.2 Å². The predicted octanol–water partition coefficient (Wildman–Crippen LogP) is 2.65. The second-order valence-corrected chi connectivity index (χ2v) is 9.82. The molecule has 0 aromatic heterocycles. The second kappa shape index (κ2) is 9.93. The Bertz CT molecular complexity index is 1410. The summed E-state index contributed by atoms with van der Waals surface area (Å²) in [6, 6.07) is 18.6. The predicted molar refractivity (Wildman–Crippen MR) is 128 cm³/mol. The molecule has 0 N–H and O–H groups in total. The summed E-state index contributed by atoms with van der Waals surface area (Å²) in [6.07, 6.45) is -1.30. The number of hydrogen-bond acceptors (Lipinski definition) is 7. The fourth-order valence-corrected chi connectivity index (χ4v) is 5.65. The highest BCUT2D eigenvalue weighted by atomic mass is 32.2. The first-order chi connectivity index (χ1) is 16.8. The maximum atomic E-state index is 13.8. The molecule has 4 rings (SSSR count). The van der Waals surface area contributed by atoms with Crippen LogP contribution in [0.15, 0.2) is 71.6 Å². The molecule has 3 aromatic carbocycles. The van der Waals surface area contributed by atoms with Gasteiger partial charge in [0, 0.05) is 14.2 Å². The number of ether oxygens (including phenoxy) is 2. The van der Waals surface area contributed by atoms with Crippen molar-refractivity contribution < 1.29 is 27.5 Å². The van der Waals surface area contributed by atoms with Gasteiger partial charge in [-0.25, -0.2) is 13.3 Å². The van der Waals surface area contributed by atoms with Gasteiger partial charge < -0.3 is 9.47 Å². The first kappa shape index (κ1) is 24.5. The molecule has 3 aromatic rings. The van der Waals surface area contributed by atoms with Crippen LogP contribution < -0.4 is 4.90 Å². The van der Waals surface area contributed by atoms with Crippen molar-refractivity contribution in [1.82, 2.24) is 4.31 Å². The van der Waals surface area contributed by atoms with Gasteiger partial charge in [-0.05, 0) is 47.2 Å². The molecule has 0 aliphatic carbocycles. The van der Waals surface area contributed by atoms with Crippen LogP contribution in [0.3, 0.4) is 0 Å². The van der Waals surface area contributed by atoms with Gasteiger partial charge in [0.05, 0.1) is 35.2 Å². The Labute approximate surface area is 203 Å². The van der Waals surface area contributed by atoms with Gasteiger partial charge in [-0.2, -0.15) is 9.57 Å². The van der Waals surface area contributed by atoms with E-state index in [2.05, 4.69) is 0 Å². The first-order valence-corrected chi connectivity index (χ1v) is 12.2. The fourth-order valence-electron chi connectivity index (χ4n) is 4.05. The lowest BCUT2D eigenvalue weighted by Crippen LogP contribution is -2.49. The molecule has 1 saturated heterocycles. The lowest BCUT2D eigenvalue weighted by molar-refractivity contribution is -0.125. The van der Waals surface area contributed by atoms with Crippen LogP contribution in [-0.4, -0.2) is 57.6 Å². The summed E-state index contributed by atoms with van der Waals surface area (Å²) in [5, 5.41) is 10.6. The highest BCUT2D eigenvalue weighted by Crippen LogP contribution is 2.31. The molecular weight excluding hydrogens is 470 g/mol. The van der Waals surface area contributed by atoms with Crippen molar-refractivity contribution in [2.45, 2.75) is 23.6 Å². The number of amides is 2. The Balaban J connectivity index is 1.74. The molecule has 1 fully saturated rings. The number of hydrogen-bond donors (Lipinski definition) is 0. The van der Waals surface area contributed by atoms with Crippen LogP contribution in [0.2, 0.25) is 0 Å². The number of rotatable bonds is 8. The molecule has 1 unspecified atom stereocenters. The van der Waals surface area contributed by atoms with E-state index in [0.717, 1.165) is 20.0 Å². The molecule has 2 amide bonds. The van der Waals surface area contributed by atoms with Gasteiger partial charge in [0.1, 0.15) is 6.04 Å². The van der Waals surface area contributed by atoms with Crippen molar-refractivity contribution in [2.75, 3.05) is 25.7 Å². The summed E-state index contributed by atoms with van der Waals surface area (Å²) in [6.45, 7) is -0.299. The normalized spacial score (nSPS) is 16.4. The molecule has 1 aliphatic heterocycles. The summed E-state index contributed by atoms with van der Waals surface area (Å²) in [7, 11) is -1.51. The third-order valence-corrected chi connectivity index (χ3v) is 7.78. The van der Waals surface area contributed by atoms with Crippen LogP contribution in [0, 0.1) is 11.3 Å². The quantitative estimate of drug-likeness (QED) is 0.350. The Morgan fingerprint density at radius 1 is 1.03 bits per heavy atom. The number of fused-ring (bicyclic) bond motifs is 1. The summed E-state index contributed by atoms with van der Waals surface area (Å²) >= 11 is 0. The van der Waals surface area contributed by atoms with Crippen molar-refractivity contribution in [2.24, 2.45) is 0 Å². The SMILES string of the molecule is COC(CN(C1CC(=O)N(c2ccc(C#N)cc2)C1=O)S(=O)(=O)c1ccc2ccccc2c1)OC. The lowest BCUT2D eigenvalue weighted by atomic mass is 10.1. The molecule has 1 atom stereocenters. The number of nitriles is 1. The zero-order valence-electron chi connectivity index (χ0n) is 19.1. The Kier molecular flexibility index (Phi) is 6.95. The molecule has 0 saturated carbocycles. The van der Waals surface area contributed by atoms with Crippen LogP contribution in [0.4, 0.5) is 5.69 Å². The second-order valence-electron chi connectivity index (χ2n) is 7.93. The van der Waals surface area contributed by atoms with Gasteiger partial charge in [-0.15, -0.1) is 0 Å². The van der Waals surface area contributed by atoms with Crippen molar-refractivity contribution in [1.29, 1.82) is 5.26 Å². The summed E-state index contributed by atoms with van der Waals surface area (Å²) < 4.78 is 39.0. The largest absolute Gasteiger partial charge is 0.354 e. The molecule has 1 aliphatic rings. The fraction of sp³-hybridized carbons (Fsp3) is 0.240. The highest BCUT2D eigenvalue weighted by molar-refractivity contribution is 7.89. The Morgan fingerprint density at radius 3 is 2.31 bits per heavy atom. The van der Waals surface area contributed by atoms with Crippen molar-refractivity contribution >= 4 is 38.3 Å². The number of nitrogens with zero attached hydrogens (tertiary/aromatic N) is 3. The van der Waals surface area contributed by atoms with E-state index < -0.39 is 34.2 Å². The average Bonchev–Trinajstić information content (AvgIpc) is 3.17. The van der Waals surface area contributed by atoms with Gasteiger partial charge in [-0.1, -0.05) is 30.3 Å². The zero-order chi connectivity index (χ0) is 25.2. The highest BCUT2D eigenvalue weighted by Gasteiger charge is 2.47. The van der Waals surface area contributed by atoms with E-state index in [-0.39, 0.29) is 23.5 Å². The molecule has 0 spiro atoms. The number of imide groups is 1. The van der Waals surface area contributed by atoms with Gasteiger partial charge in [0.15, 0.2) is 6.29 Å². The standard InChI is InChI=1S/C25H23N3O6S/c1-33-24(34-2)16-27(35(31,32)21-12-9-18-5-3-4-6-19(18)13-21)22-14-23(29)28(25(22)30)20-10-7-17(15-26)8-11-20/h3-13,22,24H,14,16H2,1-2H3. The molecule has 180 valence electrons. The number of methoxy groups -OCH3 is 2. The number of benzene rings is 3. The van der Waals surface area contributed by atoms with Crippen molar-refractivity contribution in [3.8, 4) is 6.07 Å². The van der Waals surface area contributed by atoms with Crippen LogP contribution >= 0.6 is 0 Å². The third kappa shape index (κ3) is 4.67. The maximum absolute atomic E-state index is 13.8. The van der Waals surface area contributed by atoms with E-state index in [0.29, 0.717) is 5.56 Å². The monoisotopic (exact) mass is 493 g/mol. The minimum atomic E-state index is -4.23. The van der Waals surface area contributed by atoms with Crippen molar-refractivity contribution in [3.05, 3.63) is 72.3 Å². The number of carbonyl (C=O) groups is 2. The molecule has 35 heavy (non-hydrogen) atoms.